The van der Waals surface area contributed by atoms with Crippen molar-refractivity contribution >= 4 is 17.3 Å². The van der Waals surface area contributed by atoms with Crippen molar-refractivity contribution in [2.45, 2.75) is 39.2 Å². The zero-order chi connectivity index (χ0) is 25.5. The van der Waals surface area contributed by atoms with Crippen LogP contribution in [0, 0.1) is 12.7 Å². The fourth-order valence-electron chi connectivity index (χ4n) is 4.67. The zero-order valence-electron chi connectivity index (χ0n) is 20.9. The van der Waals surface area contributed by atoms with Crippen LogP contribution in [0.3, 0.4) is 0 Å². The molecule has 4 rings (SSSR count). The maximum Gasteiger partial charge on any atom is 0.303 e. The van der Waals surface area contributed by atoms with Gasteiger partial charge in [0.15, 0.2) is 0 Å². The first-order valence-corrected chi connectivity index (χ1v) is 12.3. The molecule has 0 saturated heterocycles. The maximum absolute atomic E-state index is 14.4. The number of ether oxygens (including phenoxy) is 2. The molecule has 2 N–H and O–H groups in total. The number of carbonyl (C=O) groups is 1. The molecule has 190 valence electrons. The number of nitrogens with one attached hydrogen (secondary N) is 1. The number of benzene rings is 3. The number of aliphatic carboxylic acids is 1. The van der Waals surface area contributed by atoms with Crippen molar-refractivity contribution in [3.8, 4) is 11.5 Å². The van der Waals surface area contributed by atoms with Gasteiger partial charge in [-0.25, -0.2) is 4.39 Å². The lowest BCUT2D eigenvalue weighted by molar-refractivity contribution is -0.136. The molecule has 36 heavy (non-hydrogen) atoms. The molecule has 0 amide bonds. The van der Waals surface area contributed by atoms with Crippen LogP contribution in [0.25, 0.3) is 0 Å². The number of aryl methyl sites for hydroxylation is 2. The Bertz CT molecular complexity index is 1200. The molecule has 0 radical (unpaired) electrons. The van der Waals surface area contributed by atoms with Crippen molar-refractivity contribution in [1.29, 1.82) is 0 Å². The number of carboxylic acid groups (broad SMARTS) is 1. The Kier molecular flexibility index (Phi) is 8.31. The predicted octanol–water partition coefficient (Wildman–Crippen LogP) is 5.60. The normalized spacial score (nSPS) is 12.7. The summed E-state index contributed by atoms with van der Waals surface area (Å²) in [6, 6.07) is 16.9. The van der Waals surface area contributed by atoms with Crippen LogP contribution in [-0.4, -0.2) is 37.9 Å². The average molecular weight is 493 g/mol. The summed E-state index contributed by atoms with van der Waals surface area (Å²) in [7, 11) is 1.65. The van der Waals surface area contributed by atoms with E-state index in [1.165, 1.54) is 22.9 Å². The fourth-order valence-corrected chi connectivity index (χ4v) is 4.67. The van der Waals surface area contributed by atoms with Gasteiger partial charge in [-0.15, -0.1) is 0 Å². The predicted molar refractivity (Wildman–Crippen MR) is 140 cm³/mol. The van der Waals surface area contributed by atoms with E-state index < -0.39 is 5.97 Å². The number of anilines is 2. The first kappa shape index (κ1) is 25.4. The van der Waals surface area contributed by atoms with E-state index in [4.69, 9.17) is 14.6 Å². The van der Waals surface area contributed by atoms with E-state index in [1.54, 1.807) is 19.2 Å². The molecule has 1 aliphatic rings. The Labute approximate surface area is 211 Å². The van der Waals surface area contributed by atoms with Gasteiger partial charge in [0.25, 0.3) is 0 Å². The molecule has 3 aromatic carbocycles. The Morgan fingerprint density at radius 3 is 2.56 bits per heavy atom. The van der Waals surface area contributed by atoms with Gasteiger partial charge in [0.05, 0.1) is 13.7 Å². The lowest BCUT2D eigenvalue weighted by atomic mass is 9.94. The van der Waals surface area contributed by atoms with E-state index in [0.29, 0.717) is 24.4 Å². The molecule has 0 atom stereocenters. The monoisotopic (exact) mass is 492 g/mol. The summed E-state index contributed by atoms with van der Waals surface area (Å²) in [4.78, 5) is 13.2. The Balaban J connectivity index is 1.39. The second-order valence-corrected chi connectivity index (χ2v) is 9.03. The van der Waals surface area contributed by atoms with Crippen LogP contribution >= 0.6 is 0 Å². The van der Waals surface area contributed by atoms with Crippen LogP contribution in [0.15, 0.2) is 54.6 Å². The second kappa shape index (κ2) is 11.8. The van der Waals surface area contributed by atoms with Crippen molar-refractivity contribution in [3.05, 3.63) is 82.7 Å². The largest absolute Gasteiger partial charge is 0.497 e. The van der Waals surface area contributed by atoms with Gasteiger partial charge in [0.1, 0.15) is 23.9 Å². The minimum absolute atomic E-state index is 0.0837. The number of methoxy groups -OCH3 is 1. The van der Waals surface area contributed by atoms with Crippen molar-refractivity contribution < 1.29 is 23.8 Å². The van der Waals surface area contributed by atoms with Crippen LogP contribution in [0.4, 0.5) is 15.8 Å². The van der Waals surface area contributed by atoms with Gasteiger partial charge in [-0.05, 0) is 84.8 Å². The molecule has 1 aliphatic heterocycles. The van der Waals surface area contributed by atoms with Crippen molar-refractivity contribution in [2.24, 2.45) is 0 Å². The van der Waals surface area contributed by atoms with Gasteiger partial charge in [-0.1, -0.05) is 18.2 Å². The molecular formula is C29H33FN2O4. The summed E-state index contributed by atoms with van der Waals surface area (Å²) in [5, 5.41) is 12.1. The smallest absolute Gasteiger partial charge is 0.303 e. The molecule has 0 saturated carbocycles. The van der Waals surface area contributed by atoms with E-state index in [1.807, 2.05) is 24.3 Å². The Hall–Kier alpha value is -3.74. The third-order valence-electron chi connectivity index (χ3n) is 6.65. The third kappa shape index (κ3) is 6.27. The number of fused-ring (bicyclic) bond motifs is 1. The molecule has 0 aromatic heterocycles. The van der Waals surface area contributed by atoms with Crippen LogP contribution in [0.5, 0.6) is 11.5 Å². The molecule has 0 fully saturated rings. The molecule has 0 spiro atoms. The van der Waals surface area contributed by atoms with E-state index >= 15 is 0 Å². The van der Waals surface area contributed by atoms with Crippen LogP contribution < -0.4 is 19.7 Å². The highest BCUT2D eigenvalue weighted by molar-refractivity contribution is 5.67. The zero-order valence-corrected chi connectivity index (χ0v) is 20.9. The summed E-state index contributed by atoms with van der Waals surface area (Å²) in [6.45, 7) is 5.08. The molecule has 0 aliphatic carbocycles. The summed E-state index contributed by atoms with van der Waals surface area (Å²) in [5.74, 6) is 0.317. The van der Waals surface area contributed by atoms with Gasteiger partial charge in [0.2, 0.25) is 0 Å². The van der Waals surface area contributed by atoms with Gasteiger partial charge in [-0.2, -0.15) is 0 Å². The lowest BCUT2D eigenvalue weighted by Gasteiger charge is -2.33. The van der Waals surface area contributed by atoms with Crippen molar-refractivity contribution in [1.82, 2.24) is 0 Å². The highest BCUT2D eigenvalue weighted by atomic mass is 19.1. The number of carboxylic acids is 1. The quantitative estimate of drug-likeness (QED) is 0.363. The standard InChI is InChI=1S/C29H33FN2O4/c1-20-23(19-31-24-9-7-21(27(30)18-24)8-14-28(33)34)6-5-22-4-3-15-32(29(20)22)16-17-36-26-12-10-25(35-2)11-13-26/h5-7,9-13,18,31H,3-4,8,14-17,19H2,1-2H3,(H,33,34). The molecule has 6 nitrogen and oxygen atoms in total. The van der Waals surface area contributed by atoms with Gasteiger partial charge in [-0.3, -0.25) is 4.79 Å². The van der Waals surface area contributed by atoms with Crippen LogP contribution in [-0.2, 0) is 24.2 Å². The third-order valence-corrected chi connectivity index (χ3v) is 6.65. The lowest BCUT2D eigenvalue weighted by Crippen LogP contribution is -2.34. The van der Waals surface area contributed by atoms with Crippen molar-refractivity contribution in [3.63, 3.8) is 0 Å². The van der Waals surface area contributed by atoms with Crippen LogP contribution in [0.2, 0.25) is 0 Å². The highest BCUT2D eigenvalue weighted by Gasteiger charge is 2.20. The van der Waals surface area contributed by atoms with E-state index in [0.717, 1.165) is 43.0 Å². The van der Waals surface area contributed by atoms with Gasteiger partial charge in [0, 0.05) is 30.9 Å². The molecule has 0 bridgehead atoms. The van der Waals surface area contributed by atoms with Crippen LogP contribution in [0.1, 0.15) is 35.1 Å². The van der Waals surface area contributed by atoms with Gasteiger partial charge < -0.3 is 24.8 Å². The fraction of sp³-hybridized carbons (Fsp3) is 0.345. The molecule has 1 heterocycles. The summed E-state index contributed by atoms with van der Waals surface area (Å²) in [6.07, 6.45) is 2.27. The number of hydrogen-bond acceptors (Lipinski definition) is 5. The minimum atomic E-state index is -0.930. The Morgan fingerprint density at radius 1 is 1.08 bits per heavy atom. The SMILES string of the molecule is COc1ccc(OCCN2CCCc3ccc(CNc4ccc(CCC(=O)O)c(F)c4)c(C)c32)cc1. The summed E-state index contributed by atoms with van der Waals surface area (Å²) < 4.78 is 25.6. The first-order valence-electron chi connectivity index (χ1n) is 12.3. The molecule has 3 aromatic rings. The molecule has 0 unspecified atom stereocenters. The topological polar surface area (TPSA) is 71.0 Å². The number of nitrogens with zero attached hydrogens (tertiary/aromatic N) is 1. The molecular weight excluding hydrogens is 459 g/mol. The van der Waals surface area contributed by atoms with Crippen molar-refractivity contribution in [2.75, 3.05) is 37.0 Å². The van der Waals surface area contributed by atoms with Gasteiger partial charge >= 0.3 is 5.97 Å². The molecule has 7 heteroatoms. The highest BCUT2D eigenvalue weighted by Crippen LogP contribution is 2.33. The minimum Gasteiger partial charge on any atom is -0.497 e. The Morgan fingerprint density at radius 2 is 1.83 bits per heavy atom. The van der Waals surface area contributed by atoms with E-state index in [2.05, 4.69) is 29.3 Å². The van der Waals surface area contributed by atoms with E-state index in [-0.39, 0.29) is 18.7 Å². The first-order chi connectivity index (χ1) is 17.4. The maximum atomic E-state index is 14.4. The number of hydrogen-bond donors (Lipinski definition) is 2. The second-order valence-electron chi connectivity index (χ2n) is 9.03. The average Bonchev–Trinajstić information content (AvgIpc) is 2.88. The number of rotatable bonds is 11. The summed E-state index contributed by atoms with van der Waals surface area (Å²) in [5.41, 5.74) is 6.10. The van der Waals surface area contributed by atoms with E-state index in [9.17, 15) is 9.18 Å². The number of halogens is 1. The summed E-state index contributed by atoms with van der Waals surface area (Å²) >= 11 is 0.